The first-order valence-electron chi connectivity index (χ1n) is 8.31. The van der Waals surface area contributed by atoms with Gasteiger partial charge < -0.3 is 5.32 Å². The zero-order chi connectivity index (χ0) is 21.2. The summed E-state index contributed by atoms with van der Waals surface area (Å²) in [6.07, 6.45) is 0. The summed E-state index contributed by atoms with van der Waals surface area (Å²) in [5.74, 6) is -2.11. The van der Waals surface area contributed by atoms with Crippen LogP contribution >= 0.6 is 11.6 Å². The number of carbonyl (C=O) groups is 1. The van der Waals surface area contributed by atoms with E-state index in [4.69, 9.17) is 11.6 Å². The van der Waals surface area contributed by atoms with Crippen LogP contribution in [-0.2, 0) is 10.0 Å². The first-order chi connectivity index (χ1) is 13.7. The lowest BCUT2D eigenvalue weighted by Crippen LogP contribution is -2.15. The molecule has 150 valence electrons. The maximum atomic E-state index is 14.4. The van der Waals surface area contributed by atoms with E-state index in [1.54, 1.807) is 13.0 Å². The van der Waals surface area contributed by atoms with Gasteiger partial charge in [0.15, 0.2) is 0 Å². The maximum absolute atomic E-state index is 14.4. The van der Waals surface area contributed by atoms with Crippen molar-refractivity contribution < 1.29 is 22.0 Å². The Morgan fingerprint density at radius 3 is 2.28 bits per heavy atom. The lowest BCUT2D eigenvalue weighted by molar-refractivity contribution is 0.102. The average molecular weight is 437 g/mol. The van der Waals surface area contributed by atoms with E-state index in [1.165, 1.54) is 24.3 Å². The number of anilines is 2. The molecule has 0 bridgehead atoms. The predicted octanol–water partition coefficient (Wildman–Crippen LogP) is 4.98. The van der Waals surface area contributed by atoms with Crippen molar-refractivity contribution in [2.24, 2.45) is 0 Å². The molecule has 29 heavy (non-hydrogen) atoms. The van der Waals surface area contributed by atoms with E-state index in [-0.39, 0.29) is 21.8 Å². The molecule has 0 aliphatic heterocycles. The smallest absolute Gasteiger partial charge is 0.261 e. The van der Waals surface area contributed by atoms with Crippen LogP contribution in [0.25, 0.3) is 0 Å². The minimum absolute atomic E-state index is 0.125. The van der Waals surface area contributed by atoms with E-state index >= 15 is 0 Å². The standard InChI is InChI=1S/C20H15ClF2N2O3S/c1-12-2-7-15(10-17(12)21)25-29(27,28)16-8-9-19(18(23)11-16)24-20(26)13-3-5-14(22)6-4-13/h2-11,25H,1H3,(H,24,26). The topological polar surface area (TPSA) is 75.3 Å². The fourth-order valence-corrected chi connectivity index (χ4v) is 3.67. The van der Waals surface area contributed by atoms with Crippen molar-refractivity contribution >= 4 is 38.9 Å². The fraction of sp³-hybridized carbons (Fsp3) is 0.0500. The summed E-state index contributed by atoms with van der Waals surface area (Å²) in [4.78, 5) is 11.8. The van der Waals surface area contributed by atoms with Gasteiger partial charge >= 0.3 is 0 Å². The number of rotatable bonds is 5. The van der Waals surface area contributed by atoms with Crippen molar-refractivity contribution in [3.05, 3.63) is 88.4 Å². The molecule has 0 spiro atoms. The van der Waals surface area contributed by atoms with Gasteiger partial charge in [0.25, 0.3) is 15.9 Å². The molecule has 3 aromatic carbocycles. The van der Waals surface area contributed by atoms with E-state index in [0.717, 1.165) is 35.9 Å². The number of benzene rings is 3. The van der Waals surface area contributed by atoms with Crippen molar-refractivity contribution in [1.29, 1.82) is 0 Å². The van der Waals surface area contributed by atoms with Crippen LogP contribution in [0.1, 0.15) is 15.9 Å². The van der Waals surface area contributed by atoms with Gasteiger partial charge in [-0.2, -0.15) is 0 Å². The average Bonchev–Trinajstić information content (AvgIpc) is 2.66. The normalized spacial score (nSPS) is 11.2. The molecule has 0 atom stereocenters. The first-order valence-corrected chi connectivity index (χ1v) is 10.2. The lowest BCUT2D eigenvalue weighted by atomic mass is 10.2. The summed E-state index contributed by atoms with van der Waals surface area (Å²) in [6.45, 7) is 1.77. The Bertz CT molecular complexity index is 1180. The molecule has 3 rings (SSSR count). The van der Waals surface area contributed by atoms with Gasteiger partial charge in [-0.1, -0.05) is 17.7 Å². The van der Waals surface area contributed by atoms with Gasteiger partial charge in [-0.05, 0) is 67.1 Å². The molecule has 2 N–H and O–H groups in total. The van der Waals surface area contributed by atoms with Gasteiger partial charge in [-0.3, -0.25) is 9.52 Å². The Kier molecular flexibility index (Phi) is 5.86. The number of amides is 1. The van der Waals surface area contributed by atoms with Crippen molar-refractivity contribution in [2.75, 3.05) is 10.0 Å². The van der Waals surface area contributed by atoms with Crippen LogP contribution in [0, 0.1) is 18.6 Å². The number of halogens is 3. The molecule has 0 heterocycles. The Labute approximate surface area is 171 Å². The third-order valence-electron chi connectivity index (χ3n) is 4.03. The van der Waals surface area contributed by atoms with Crippen LogP contribution < -0.4 is 10.0 Å². The summed E-state index contributed by atoms with van der Waals surface area (Å²) in [5.41, 5.74) is 0.925. The van der Waals surface area contributed by atoms with E-state index in [2.05, 4.69) is 10.0 Å². The van der Waals surface area contributed by atoms with Crippen molar-refractivity contribution in [1.82, 2.24) is 0 Å². The maximum Gasteiger partial charge on any atom is 0.261 e. The second-order valence-electron chi connectivity index (χ2n) is 6.17. The SMILES string of the molecule is Cc1ccc(NS(=O)(=O)c2ccc(NC(=O)c3ccc(F)cc3)c(F)c2)cc1Cl. The van der Waals surface area contributed by atoms with Gasteiger partial charge in [-0.25, -0.2) is 17.2 Å². The second kappa shape index (κ2) is 8.18. The molecule has 1 amide bonds. The molecule has 9 heteroatoms. The number of carbonyl (C=O) groups excluding carboxylic acids is 1. The zero-order valence-electron chi connectivity index (χ0n) is 15.0. The largest absolute Gasteiger partial charge is 0.319 e. The molecule has 5 nitrogen and oxygen atoms in total. The Balaban J connectivity index is 1.79. The molecule has 0 unspecified atom stereocenters. The van der Waals surface area contributed by atoms with Crippen LogP contribution in [0.4, 0.5) is 20.2 Å². The van der Waals surface area contributed by atoms with E-state index < -0.39 is 27.6 Å². The molecular weight excluding hydrogens is 422 g/mol. The highest BCUT2D eigenvalue weighted by atomic mass is 35.5. The molecule has 0 aromatic heterocycles. The number of hydrogen-bond acceptors (Lipinski definition) is 3. The monoisotopic (exact) mass is 436 g/mol. The third kappa shape index (κ3) is 4.90. The molecule has 0 radical (unpaired) electrons. The highest BCUT2D eigenvalue weighted by Gasteiger charge is 2.18. The van der Waals surface area contributed by atoms with Gasteiger partial charge in [0.1, 0.15) is 11.6 Å². The molecule has 0 saturated heterocycles. The first kappa shape index (κ1) is 20.8. The molecule has 0 aliphatic carbocycles. The Hall–Kier alpha value is -2.97. The number of nitrogens with one attached hydrogen (secondary N) is 2. The number of sulfonamides is 1. The van der Waals surface area contributed by atoms with Crippen LogP contribution in [0.15, 0.2) is 65.6 Å². The van der Waals surface area contributed by atoms with Crippen LogP contribution in [-0.4, -0.2) is 14.3 Å². The summed E-state index contributed by atoms with van der Waals surface area (Å²) < 4.78 is 54.6. The summed E-state index contributed by atoms with van der Waals surface area (Å²) in [7, 11) is -4.07. The van der Waals surface area contributed by atoms with E-state index in [0.29, 0.717) is 5.02 Å². The lowest BCUT2D eigenvalue weighted by Gasteiger charge is -2.11. The number of hydrogen-bond donors (Lipinski definition) is 2. The molecule has 0 fully saturated rings. The van der Waals surface area contributed by atoms with Crippen LogP contribution in [0.3, 0.4) is 0 Å². The Morgan fingerprint density at radius 1 is 0.966 bits per heavy atom. The minimum atomic E-state index is -4.07. The number of aryl methyl sites for hydroxylation is 1. The van der Waals surface area contributed by atoms with Gasteiger partial charge in [0.2, 0.25) is 0 Å². The highest BCUT2D eigenvalue weighted by molar-refractivity contribution is 7.92. The zero-order valence-corrected chi connectivity index (χ0v) is 16.6. The van der Waals surface area contributed by atoms with Gasteiger partial charge in [0, 0.05) is 10.6 Å². The summed E-state index contributed by atoms with van der Waals surface area (Å²) in [6, 6.07) is 12.4. The van der Waals surface area contributed by atoms with Gasteiger partial charge in [0.05, 0.1) is 16.3 Å². The predicted molar refractivity (Wildman–Crippen MR) is 108 cm³/mol. The van der Waals surface area contributed by atoms with Crippen LogP contribution in [0.2, 0.25) is 5.02 Å². The quantitative estimate of drug-likeness (QED) is 0.592. The van der Waals surface area contributed by atoms with E-state index in [1.807, 2.05) is 0 Å². The van der Waals surface area contributed by atoms with Crippen molar-refractivity contribution in [3.63, 3.8) is 0 Å². The van der Waals surface area contributed by atoms with Crippen molar-refractivity contribution in [3.8, 4) is 0 Å². The van der Waals surface area contributed by atoms with Crippen LogP contribution in [0.5, 0.6) is 0 Å². The molecular formula is C20H15ClF2N2O3S. The molecule has 3 aromatic rings. The Morgan fingerprint density at radius 2 is 1.66 bits per heavy atom. The summed E-state index contributed by atoms with van der Waals surface area (Å²) >= 11 is 5.99. The fourth-order valence-electron chi connectivity index (χ4n) is 2.43. The minimum Gasteiger partial charge on any atom is -0.319 e. The van der Waals surface area contributed by atoms with E-state index in [9.17, 15) is 22.0 Å². The third-order valence-corrected chi connectivity index (χ3v) is 5.82. The molecule has 0 saturated carbocycles. The summed E-state index contributed by atoms with van der Waals surface area (Å²) in [5, 5.41) is 2.70. The van der Waals surface area contributed by atoms with Crippen molar-refractivity contribution in [2.45, 2.75) is 11.8 Å². The molecule has 0 aliphatic rings. The second-order valence-corrected chi connectivity index (χ2v) is 8.26. The van der Waals surface area contributed by atoms with Gasteiger partial charge in [-0.15, -0.1) is 0 Å². The highest BCUT2D eigenvalue weighted by Crippen LogP contribution is 2.24.